The quantitative estimate of drug-likeness (QED) is 0.454. The fraction of sp³-hybridized carbons (Fsp3) is 0.385. The molecule has 9 heteroatoms. The van der Waals surface area contributed by atoms with Gasteiger partial charge in [0.15, 0.2) is 0 Å². The van der Waals surface area contributed by atoms with Crippen molar-refractivity contribution in [1.82, 2.24) is 25.0 Å². The van der Waals surface area contributed by atoms with Gasteiger partial charge in [0.2, 0.25) is 11.8 Å². The molecule has 2 amide bonds. The van der Waals surface area contributed by atoms with Gasteiger partial charge in [0.05, 0.1) is 25.5 Å². The summed E-state index contributed by atoms with van der Waals surface area (Å²) in [5.41, 5.74) is 2.85. The van der Waals surface area contributed by atoms with Crippen molar-refractivity contribution in [2.24, 2.45) is 0 Å². The number of nitrogens with one attached hydrogen (secondary N) is 1. The van der Waals surface area contributed by atoms with E-state index in [1.807, 2.05) is 44.2 Å². The number of carbonyl (C=O) groups is 2. The molecule has 1 N–H and O–H groups in total. The lowest BCUT2D eigenvalue weighted by Crippen LogP contribution is -2.41. The molecule has 0 aliphatic rings. The zero-order valence-electron chi connectivity index (χ0n) is 20.9. The highest BCUT2D eigenvalue weighted by atomic mass is 16.5. The fourth-order valence-corrected chi connectivity index (χ4v) is 3.91. The first-order valence-corrected chi connectivity index (χ1v) is 11.6. The second-order valence-corrected chi connectivity index (χ2v) is 8.23. The van der Waals surface area contributed by atoms with E-state index < -0.39 is 0 Å². The van der Waals surface area contributed by atoms with Crippen molar-refractivity contribution in [3.8, 4) is 11.8 Å². The number of likely N-dealkylation sites (N-methyl/N-ethyl adjacent to an activating group) is 1. The van der Waals surface area contributed by atoms with Gasteiger partial charge in [-0.05, 0) is 38.3 Å². The Morgan fingerprint density at radius 2 is 1.74 bits per heavy atom. The van der Waals surface area contributed by atoms with Crippen LogP contribution in [0.15, 0.2) is 48.5 Å². The predicted molar refractivity (Wildman–Crippen MR) is 133 cm³/mol. The number of aromatic nitrogens is 3. The number of hydrogen-bond donors (Lipinski definition) is 1. The number of nitrogens with zero attached hydrogens (tertiary/aromatic N) is 4. The summed E-state index contributed by atoms with van der Waals surface area (Å²) in [5.74, 6) is 0.242. The van der Waals surface area contributed by atoms with Crippen molar-refractivity contribution in [1.29, 1.82) is 0 Å². The molecule has 0 spiro atoms. The summed E-state index contributed by atoms with van der Waals surface area (Å²) >= 11 is 0. The van der Waals surface area contributed by atoms with Gasteiger partial charge in [-0.25, -0.2) is 0 Å². The summed E-state index contributed by atoms with van der Waals surface area (Å²) in [6.07, 6.45) is 1.21. The Morgan fingerprint density at radius 1 is 1.09 bits per heavy atom. The van der Waals surface area contributed by atoms with Crippen LogP contribution in [0, 0.1) is 6.92 Å². The number of amides is 2. The molecule has 0 bridgehead atoms. The Morgan fingerprint density at radius 3 is 2.34 bits per heavy atom. The van der Waals surface area contributed by atoms with Crippen LogP contribution in [-0.4, -0.2) is 65.3 Å². The molecule has 2 heterocycles. The molecule has 3 aromatic rings. The topological polar surface area (TPSA) is 98.6 Å². The van der Waals surface area contributed by atoms with E-state index in [1.54, 1.807) is 34.8 Å². The number of carbonyl (C=O) groups excluding carboxylic acids is 2. The van der Waals surface area contributed by atoms with Crippen molar-refractivity contribution < 1.29 is 19.1 Å². The van der Waals surface area contributed by atoms with E-state index in [9.17, 15) is 9.59 Å². The first kappa shape index (κ1) is 25.7. The third kappa shape index (κ3) is 6.59. The Hall–Kier alpha value is -3.88. The molecule has 0 saturated carbocycles. The van der Waals surface area contributed by atoms with Crippen molar-refractivity contribution in [2.75, 3.05) is 27.8 Å². The van der Waals surface area contributed by atoms with Gasteiger partial charge >= 0.3 is 0 Å². The Kier molecular flexibility index (Phi) is 8.83. The molecule has 0 fully saturated rings. The summed E-state index contributed by atoms with van der Waals surface area (Å²) in [7, 11) is 4.76. The number of methoxy groups -OCH3 is 2. The van der Waals surface area contributed by atoms with Crippen LogP contribution in [0.1, 0.15) is 45.4 Å². The van der Waals surface area contributed by atoms with Crippen LogP contribution in [0.25, 0.3) is 0 Å². The van der Waals surface area contributed by atoms with E-state index in [-0.39, 0.29) is 17.9 Å². The maximum atomic E-state index is 13.4. The summed E-state index contributed by atoms with van der Waals surface area (Å²) in [5, 5.41) is 7.33. The van der Waals surface area contributed by atoms with Crippen molar-refractivity contribution in [3.05, 3.63) is 71.0 Å². The van der Waals surface area contributed by atoms with Crippen molar-refractivity contribution >= 4 is 11.8 Å². The van der Waals surface area contributed by atoms with Gasteiger partial charge in [-0.1, -0.05) is 30.3 Å². The molecule has 0 aliphatic carbocycles. The highest BCUT2D eigenvalue weighted by molar-refractivity contribution is 5.95. The molecule has 1 unspecified atom stereocenters. The minimum Gasteiger partial charge on any atom is -0.481 e. The summed E-state index contributed by atoms with van der Waals surface area (Å²) in [6, 6.07) is 14.8. The molecule has 35 heavy (non-hydrogen) atoms. The molecular weight excluding hydrogens is 446 g/mol. The monoisotopic (exact) mass is 479 g/mol. The minimum atomic E-state index is -0.184. The van der Waals surface area contributed by atoms with E-state index in [0.717, 1.165) is 11.3 Å². The largest absolute Gasteiger partial charge is 0.481 e. The van der Waals surface area contributed by atoms with Crippen molar-refractivity contribution in [2.45, 2.75) is 39.3 Å². The second kappa shape index (κ2) is 12.0. The van der Waals surface area contributed by atoms with Crippen LogP contribution in [0.2, 0.25) is 0 Å². The molecular formula is C26H33N5O4. The first-order chi connectivity index (χ1) is 16.9. The summed E-state index contributed by atoms with van der Waals surface area (Å²) in [4.78, 5) is 32.0. The van der Waals surface area contributed by atoms with E-state index in [4.69, 9.17) is 9.47 Å². The van der Waals surface area contributed by atoms with Gasteiger partial charge in [-0.15, -0.1) is 0 Å². The lowest BCUT2D eigenvalue weighted by molar-refractivity contribution is 0.0721. The molecule has 1 atom stereocenters. The minimum absolute atomic E-state index is 0.159. The average molecular weight is 480 g/mol. The number of hydrogen-bond acceptors (Lipinski definition) is 6. The number of rotatable bonds is 11. The standard InChI is InChI=1S/C26H33N5O4/c1-6-31-22(14-18(2)29-31)25(32)27-13-12-21(15-19-10-8-7-9-11-19)30(3)26(33)20-16-23(34-4)28-24(17-20)35-5/h7-11,14,16-17,21H,6,12-13,15H2,1-5H3,(H,27,32). The van der Waals surface area contributed by atoms with Gasteiger partial charge in [0.1, 0.15) is 5.69 Å². The van der Waals surface area contributed by atoms with E-state index in [0.29, 0.717) is 48.9 Å². The average Bonchev–Trinajstić information content (AvgIpc) is 3.28. The van der Waals surface area contributed by atoms with E-state index in [2.05, 4.69) is 15.4 Å². The SMILES string of the molecule is CCn1nc(C)cc1C(=O)NCCC(Cc1ccccc1)N(C)C(=O)c1cc(OC)nc(OC)c1. The third-order valence-electron chi connectivity index (χ3n) is 5.82. The first-order valence-electron chi connectivity index (χ1n) is 11.6. The molecule has 0 aliphatic heterocycles. The number of pyridine rings is 1. The Labute approximate surface area is 206 Å². The van der Waals surface area contributed by atoms with Crippen molar-refractivity contribution in [3.63, 3.8) is 0 Å². The smallest absolute Gasteiger partial charge is 0.269 e. The Balaban J connectivity index is 1.76. The molecule has 0 radical (unpaired) electrons. The number of ether oxygens (including phenoxy) is 2. The number of aryl methyl sites for hydroxylation is 2. The lowest BCUT2D eigenvalue weighted by Gasteiger charge is -2.29. The molecule has 1 aromatic carbocycles. The highest BCUT2D eigenvalue weighted by Crippen LogP contribution is 2.21. The third-order valence-corrected chi connectivity index (χ3v) is 5.82. The summed E-state index contributed by atoms with van der Waals surface area (Å²) in [6.45, 7) is 4.83. The van der Waals surface area contributed by atoms with Crippen LogP contribution in [0.3, 0.4) is 0 Å². The predicted octanol–water partition coefficient (Wildman–Crippen LogP) is 3.13. The second-order valence-electron chi connectivity index (χ2n) is 8.23. The van der Waals surface area contributed by atoms with Gasteiger partial charge in [-0.3, -0.25) is 14.3 Å². The number of benzene rings is 1. The normalized spacial score (nSPS) is 11.6. The van der Waals surface area contributed by atoms with Crippen LogP contribution >= 0.6 is 0 Å². The van der Waals surface area contributed by atoms with E-state index >= 15 is 0 Å². The zero-order valence-corrected chi connectivity index (χ0v) is 20.9. The molecule has 0 saturated heterocycles. The van der Waals surface area contributed by atoms with Crippen LogP contribution in [0.4, 0.5) is 0 Å². The van der Waals surface area contributed by atoms with Gasteiger partial charge < -0.3 is 19.7 Å². The van der Waals surface area contributed by atoms with Crippen LogP contribution in [-0.2, 0) is 13.0 Å². The summed E-state index contributed by atoms with van der Waals surface area (Å²) < 4.78 is 12.1. The Bertz CT molecular complexity index is 1120. The van der Waals surface area contributed by atoms with Crippen LogP contribution in [0.5, 0.6) is 11.8 Å². The fourth-order valence-electron chi connectivity index (χ4n) is 3.91. The molecule has 9 nitrogen and oxygen atoms in total. The lowest BCUT2D eigenvalue weighted by atomic mass is 10.0. The zero-order chi connectivity index (χ0) is 25.4. The maximum absolute atomic E-state index is 13.4. The molecule has 3 rings (SSSR count). The van der Waals surface area contributed by atoms with E-state index in [1.165, 1.54) is 14.2 Å². The van der Waals surface area contributed by atoms with Gasteiger partial charge in [0.25, 0.3) is 11.8 Å². The molecule has 186 valence electrons. The van der Waals surface area contributed by atoms with Gasteiger partial charge in [-0.2, -0.15) is 10.1 Å². The highest BCUT2D eigenvalue weighted by Gasteiger charge is 2.23. The maximum Gasteiger partial charge on any atom is 0.269 e. The van der Waals surface area contributed by atoms with Crippen LogP contribution < -0.4 is 14.8 Å². The molecule has 2 aromatic heterocycles. The van der Waals surface area contributed by atoms with Gasteiger partial charge in [0, 0.05) is 38.3 Å².